The zero-order valence-electron chi connectivity index (χ0n) is 11.9. The quantitative estimate of drug-likeness (QED) is 0.879. The Hall–Kier alpha value is -3.01. The fourth-order valence-electron chi connectivity index (χ4n) is 2.23. The van der Waals surface area contributed by atoms with Crippen molar-refractivity contribution in [3.05, 3.63) is 71.5 Å². The third kappa shape index (κ3) is 2.59. The molecule has 110 valence electrons. The molecule has 0 radical (unpaired) electrons. The molecule has 0 bridgehead atoms. The Morgan fingerprint density at radius 2 is 2.00 bits per heavy atom. The molecule has 22 heavy (non-hydrogen) atoms. The first-order valence-corrected chi connectivity index (χ1v) is 6.76. The number of rotatable bonds is 3. The summed E-state index contributed by atoms with van der Waals surface area (Å²) in [4.78, 5) is 12.1. The molecule has 0 saturated carbocycles. The van der Waals surface area contributed by atoms with Gasteiger partial charge in [0.1, 0.15) is 17.2 Å². The van der Waals surface area contributed by atoms with Gasteiger partial charge in [-0.2, -0.15) is 0 Å². The highest BCUT2D eigenvalue weighted by Gasteiger charge is 2.26. The summed E-state index contributed by atoms with van der Waals surface area (Å²) in [6.07, 6.45) is 5.17. The minimum absolute atomic E-state index is 0.0670. The maximum absolute atomic E-state index is 12.1. The number of phenolic OH excluding ortho intramolecular Hbond substituents is 1. The lowest BCUT2D eigenvalue weighted by Gasteiger charge is -2.02. The summed E-state index contributed by atoms with van der Waals surface area (Å²) in [5.41, 5.74) is 1.36. The van der Waals surface area contributed by atoms with Gasteiger partial charge >= 0.3 is 0 Å². The van der Waals surface area contributed by atoms with Gasteiger partial charge in [-0.15, -0.1) is 0 Å². The standard InChI is InChI=1S/C18H14O4/c1-21-15-7-3-2-5-12(15)6-4-8-16-18(20)14-10-9-13(19)11-17(14)22-16/h2-11,19H,1H3. The molecular formula is C18H14O4. The van der Waals surface area contributed by atoms with Crippen LogP contribution in [0.1, 0.15) is 15.9 Å². The van der Waals surface area contributed by atoms with Gasteiger partial charge < -0.3 is 14.6 Å². The zero-order chi connectivity index (χ0) is 15.5. The summed E-state index contributed by atoms with van der Waals surface area (Å²) < 4.78 is 10.7. The number of fused-ring (bicyclic) bond motifs is 1. The fraction of sp³-hybridized carbons (Fsp3) is 0.0556. The van der Waals surface area contributed by atoms with Gasteiger partial charge in [0.2, 0.25) is 5.78 Å². The first-order chi connectivity index (χ1) is 10.7. The number of carbonyl (C=O) groups excluding carboxylic acids is 1. The molecule has 2 aromatic rings. The predicted molar refractivity (Wildman–Crippen MR) is 83.2 cm³/mol. The van der Waals surface area contributed by atoms with Crippen LogP contribution in [0.5, 0.6) is 17.2 Å². The summed E-state index contributed by atoms with van der Waals surface area (Å²) >= 11 is 0. The molecule has 0 atom stereocenters. The number of aromatic hydroxyl groups is 1. The minimum atomic E-state index is -0.195. The van der Waals surface area contributed by atoms with Gasteiger partial charge in [-0.05, 0) is 24.3 Å². The third-order valence-electron chi connectivity index (χ3n) is 3.32. The molecule has 4 nitrogen and oxygen atoms in total. The highest BCUT2D eigenvalue weighted by molar-refractivity contribution is 6.12. The van der Waals surface area contributed by atoms with Crippen LogP contribution in [0.15, 0.2) is 60.4 Å². The lowest BCUT2D eigenvalue weighted by molar-refractivity contribution is 0.101. The van der Waals surface area contributed by atoms with E-state index in [1.807, 2.05) is 30.3 Å². The molecule has 0 aromatic heterocycles. The molecule has 0 amide bonds. The van der Waals surface area contributed by atoms with Crippen LogP contribution in [0.2, 0.25) is 0 Å². The Morgan fingerprint density at radius 1 is 1.18 bits per heavy atom. The van der Waals surface area contributed by atoms with Crippen molar-refractivity contribution in [2.75, 3.05) is 7.11 Å². The van der Waals surface area contributed by atoms with Crippen molar-refractivity contribution in [1.82, 2.24) is 0 Å². The number of para-hydroxylation sites is 1. The maximum atomic E-state index is 12.1. The van der Waals surface area contributed by atoms with Crippen LogP contribution in [0.3, 0.4) is 0 Å². The molecule has 0 saturated heterocycles. The molecule has 0 spiro atoms. The first-order valence-electron chi connectivity index (χ1n) is 6.76. The van der Waals surface area contributed by atoms with Gasteiger partial charge in [0.05, 0.1) is 12.7 Å². The average Bonchev–Trinajstić information content (AvgIpc) is 2.83. The highest BCUT2D eigenvalue weighted by Crippen LogP contribution is 2.33. The number of ether oxygens (including phenoxy) is 2. The van der Waals surface area contributed by atoms with Crippen molar-refractivity contribution in [1.29, 1.82) is 0 Å². The van der Waals surface area contributed by atoms with Gasteiger partial charge in [-0.25, -0.2) is 0 Å². The molecule has 1 heterocycles. The number of allylic oxidation sites excluding steroid dienone is 3. The Morgan fingerprint density at radius 3 is 2.82 bits per heavy atom. The summed E-state index contributed by atoms with van der Waals surface area (Å²) in [5, 5.41) is 9.41. The van der Waals surface area contributed by atoms with Gasteiger partial charge in [0, 0.05) is 11.6 Å². The molecule has 1 aliphatic heterocycles. The minimum Gasteiger partial charge on any atom is -0.508 e. The third-order valence-corrected chi connectivity index (χ3v) is 3.32. The van der Waals surface area contributed by atoms with Crippen molar-refractivity contribution in [2.24, 2.45) is 0 Å². The summed E-state index contributed by atoms with van der Waals surface area (Å²) in [6, 6.07) is 12.0. The van der Waals surface area contributed by atoms with E-state index in [1.54, 1.807) is 25.3 Å². The molecule has 3 rings (SSSR count). The highest BCUT2D eigenvalue weighted by atomic mass is 16.5. The van der Waals surface area contributed by atoms with Crippen LogP contribution in [-0.4, -0.2) is 18.0 Å². The Labute approximate surface area is 127 Å². The largest absolute Gasteiger partial charge is 0.508 e. The topological polar surface area (TPSA) is 55.8 Å². The van der Waals surface area contributed by atoms with E-state index in [9.17, 15) is 9.90 Å². The molecule has 0 aliphatic carbocycles. The van der Waals surface area contributed by atoms with E-state index in [0.717, 1.165) is 11.3 Å². The van der Waals surface area contributed by atoms with E-state index in [0.29, 0.717) is 11.3 Å². The summed E-state index contributed by atoms with van der Waals surface area (Å²) in [6.45, 7) is 0. The second-order valence-corrected chi connectivity index (χ2v) is 4.74. The normalized spacial score (nSPS) is 15.1. The van der Waals surface area contributed by atoms with Crippen LogP contribution in [0.25, 0.3) is 6.08 Å². The van der Waals surface area contributed by atoms with Gasteiger partial charge in [0.15, 0.2) is 5.76 Å². The number of hydrogen-bond donors (Lipinski definition) is 1. The number of ketones is 1. The van der Waals surface area contributed by atoms with Crippen LogP contribution >= 0.6 is 0 Å². The lowest BCUT2D eigenvalue weighted by Crippen LogP contribution is -1.97. The van der Waals surface area contributed by atoms with E-state index in [-0.39, 0.29) is 17.3 Å². The monoisotopic (exact) mass is 294 g/mol. The van der Waals surface area contributed by atoms with Crippen molar-refractivity contribution in [2.45, 2.75) is 0 Å². The summed E-state index contributed by atoms with van der Waals surface area (Å²) in [7, 11) is 1.61. The van der Waals surface area contributed by atoms with Crippen molar-refractivity contribution < 1.29 is 19.4 Å². The van der Waals surface area contributed by atoms with Crippen molar-refractivity contribution in [3.8, 4) is 17.2 Å². The zero-order valence-corrected chi connectivity index (χ0v) is 11.9. The number of carbonyl (C=O) groups is 1. The predicted octanol–water partition coefficient (Wildman–Crippen LogP) is 3.57. The second-order valence-electron chi connectivity index (χ2n) is 4.74. The first kappa shape index (κ1) is 13.9. The van der Waals surface area contributed by atoms with Gasteiger partial charge in [-0.3, -0.25) is 4.79 Å². The Balaban J connectivity index is 1.83. The van der Waals surface area contributed by atoms with Crippen molar-refractivity contribution in [3.63, 3.8) is 0 Å². The van der Waals surface area contributed by atoms with Crippen LogP contribution in [-0.2, 0) is 0 Å². The Kier molecular flexibility index (Phi) is 3.66. The van der Waals surface area contributed by atoms with Crippen LogP contribution < -0.4 is 9.47 Å². The molecule has 1 N–H and O–H groups in total. The maximum Gasteiger partial charge on any atom is 0.231 e. The number of phenols is 1. The van der Waals surface area contributed by atoms with E-state index in [1.165, 1.54) is 12.1 Å². The SMILES string of the molecule is COc1ccccc1C=CC=C1Oc2cc(O)ccc2C1=O. The van der Waals surface area contributed by atoms with Crippen LogP contribution in [0, 0.1) is 0 Å². The molecule has 0 unspecified atom stereocenters. The average molecular weight is 294 g/mol. The molecule has 0 fully saturated rings. The van der Waals surface area contributed by atoms with E-state index in [4.69, 9.17) is 9.47 Å². The molecule has 1 aliphatic rings. The fourth-order valence-corrected chi connectivity index (χ4v) is 2.23. The number of Topliss-reactive ketones (excluding diaryl/α,β-unsaturated/α-hetero) is 1. The smallest absolute Gasteiger partial charge is 0.231 e. The molecule has 2 aromatic carbocycles. The van der Waals surface area contributed by atoms with E-state index < -0.39 is 0 Å². The van der Waals surface area contributed by atoms with Crippen molar-refractivity contribution >= 4 is 11.9 Å². The second kappa shape index (κ2) is 5.77. The number of methoxy groups -OCH3 is 1. The van der Waals surface area contributed by atoms with Crippen LogP contribution in [0.4, 0.5) is 0 Å². The molecular weight excluding hydrogens is 280 g/mol. The molecule has 4 heteroatoms. The number of benzene rings is 2. The Bertz CT molecular complexity index is 787. The summed E-state index contributed by atoms with van der Waals surface area (Å²) in [5.74, 6) is 1.23. The lowest BCUT2D eigenvalue weighted by atomic mass is 10.1. The van der Waals surface area contributed by atoms with E-state index >= 15 is 0 Å². The van der Waals surface area contributed by atoms with Gasteiger partial charge in [0.25, 0.3) is 0 Å². The van der Waals surface area contributed by atoms with E-state index in [2.05, 4.69) is 0 Å². The number of hydrogen-bond acceptors (Lipinski definition) is 4. The van der Waals surface area contributed by atoms with Gasteiger partial charge in [-0.1, -0.05) is 30.4 Å².